The monoisotopic (exact) mass is 168 g/mol. The summed E-state index contributed by atoms with van der Waals surface area (Å²) in [5.74, 6) is 0. The zero-order valence-electron chi connectivity index (χ0n) is 8.00. The van der Waals surface area contributed by atoms with Crippen molar-refractivity contribution in [2.45, 2.75) is 45.1 Å². The van der Waals surface area contributed by atoms with E-state index in [1.54, 1.807) is 6.08 Å². The standard InChI is InChI=1S/C11H20O/c1-3-5-6-7-8-9-10-11(12)4-2/h4,8-9,11-12H,2-3,5-7,10H2,1H3/b9-8-. The quantitative estimate of drug-likeness (QED) is 0.457. The van der Waals surface area contributed by atoms with E-state index in [0.29, 0.717) is 6.42 Å². The van der Waals surface area contributed by atoms with Crippen molar-refractivity contribution in [2.24, 2.45) is 0 Å². The molecule has 1 nitrogen and oxygen atoms in total. The van der Waals surface area contributed by atoms with Crippen LogP contribution in [0.5, 0.6) is 0 Å². The molecule has 0 aromatic rings. The van der Waals surface area contributed by atoms with E-state index in [1.165, 1.54) is 19.3 Å². The first-order valence-electron chi connectivity index (χ1n) is 4.76. The molecule has 0 aromatic carbocycles. The second-order valence-corrected chi connectivity index (χ2v) is 3.01. The first kappa shape index (κ1) is 11.4. The van der Waals surface area contributed by atoms with Gasteiger partial charge in [0, 0.05) is 0 Å². The molecule has 0 radical (unpaired) electrons. The first-order chi connectivity index (χ1) is 5.81. The average Bonchev–Trinajstić information content (AvgIpc) is 2.10. The molecular formula is C11H20O. The van der Waals surface area contributed by atoms with Gasteiger partial charge in [0.05, 0.1) is 6.10 Å². The third-order valence-electron chi connectivity index (χ3n) is 1.79. The van der Waals surface area contributed by atoms with Crippen LogP contribution in [0.4, 0.5) is 0 Å². The van der Waals surface area contributed by atoms with Crippen LogP contribution in [0, 0.1) is 0 Å². The SMILES string of the molecule is C=CC(O)C/C=C\CCCCC. The van der Waals surface area contributed by atoms with E-state index in [4.69, 9.17) is 5.11 Å². The van der Waals surface area contributed by atoms with Crippen LogP contribution in [0.25, 0.3) is 0 Å². The van der Waals surface area contributed by atoms with E-state index in [9.17, 15) is 0 Å². The minimum Gasteiger partial charge on any atom is -0.389 e. The Morgan fingerprint density at radius 2 is 2.08 bits per heavy atom. The van der Waals surface area contributed by atoms with Crippen LogP contribution in [0.2, 0.25) is 0 Å². The highest BCUT2D eigenvalue weighted by Crippen LogP contribution is 2.01. The van der Waals surface area contributed by atoms with Gasteiger partial charge in [0.25, 0.3) is 0 Å². The molecule has 70 valence electrons. The van der Waals surface area contributed by atoms with E-state index in [1.807, 2.05) is 6.08 Å². The summed E-state index contributed by atoms with van der Waals surface area (Å²) in [7, 11) is 0. The third-order valence-corrected chi connectivity index (χ3v) is 1.79. The van der Waals surface area contributed by atoms with Gasteiger partial charge in [-0.2, -0.15) is 0 Å². The Hall–Kier alpha value is -0.560. The van der Waals surface area contributed by atoms with Gasteiger partial charge >= 0.3 is 0 Å². The highest BCUT2D eigenvalue weighted by atomic mass is 16.3. The van der Waals surface area contributed by atoms with Crippen molar-refractivity contribution in [1.29, 1.82) is 0 Å². The lowest BCUT2D eigenvalue weighted by Crippen LogP contribution is -1.97. The first-order valence-corrected chi connectivity index (χ1v) is 4.76. The number of hydrogen-bond donors (Lipinski definition) is 1. The molecule has 0 aliphatic heterocycles. The average molecular weight is 168 g/mol. The van der Waals surface area contributed by atoms with Crippen molar-refractivity contribution in [3.63, 3.8) is 0 Å². The number of hydrogen-bond acceptors (Lipinski definition) is 1. The van der Waals surface area contributed by atoms with Crippen molar-refractivity contribution in [3.8, 4) is 0 Å². The van der Waals surface area contributed by atoms with E-state index < -0.39 is 0 Å². The Morgan fingerprint density at radius 1 is 1.33 bits per heavy atom. The highest BCUT2D eigenvalue weighted by molar-refractivity contribution is 4.89. The lowest BCUT2D eigenvalue weighted by atomic mass is 10.1. The Bertz CT molecular complexity index is 127. The zero-order chi connectivity index (χ0) is 9.23. The smallest absolute Gasteiger partial charge is 0.0752 e. The van der Waals surface area contributed by atoms with Crippen molar-refractivity contribution in [3.05, 3.63) is 24.8 Å². The topological polar surface area (TPSA) is 20.2 Å². The summed E-state index contributed by atoms with van der Waals surface area (Å²) in [5.41, 5.74) is 0. The van der Waals surface area contributed by atoms with Crippen LogP contribution in [-0.2, 0) is 0 Å². The van der Waals surface area contributed by atoms with Gasteiger partial charge in [-0.15, -0.1) is 6.58 Å². The molecule has 0 saturated carbocycles. The molecule has 0 aromatic heterocycles. The molecular weight excluding hydrogens is 148 g/mol. The van der Waals surface area contributed by atoms with Crippen LogP contribution in [0.3, 0.4) is 0 Å². The van der Waals surface area contributed by atoms with Crippen LogP contribution in [0.1, 0.15) is 39.0 Å². The van der Waals surface area contributed by atoms with Crippen LogP contribution < -0.4 is 0 Å². The maximum absolute atomic E-state index is 9.09. The molecule has 0 aliphatic rings. The second-order valence-electron chi connectivity index (χ2n) is 3.01. The number of rotatable bonds is 7. The highest BCUT2D eigenvalue weighted by Gasteiger charge is 1.91. The summed E-state index contributed by atoms with van der Waals surface area (Å²) in [6.07, 6.45) is 11.0. The maximum Gasteiger partial charge on any atom is 0.0752 e. The van der Waals surface area contributed by atoms with Gasteiger partial charge in [-0.05, 0) is 19.3 Å². The fourth-order valence-corrected chi connectivity index (χ4v) is 0.962. The summed E-state index contributed by atoms with van der Waals surface area (Å²) in [6, 6.07) is 0. The molecule has 0 heterocycles. The van der Waals surface area contributed by atoms with Crippen LogP contribution in [-0.4, -0.2) is 11.2 Å². The Morgan fingerprint density at radius 3 is 2.67 bits per heavy atom. The van der Waals surface area contributed by atoms with Gasteiger partial charge in [-0.1, -0.05) is 38.0 Å². The molecule has 1 heteroatoms. The van der Waals surface area contributed by atoms with Crippen molar-refractivity contribution in [1.82, 2.24) is 0 Å². The minimum atomic E-state index is -0.368. The maximum atomic E-state index is 9.09. The van der Waals surface area contributed by atoms with Gasteiger partial charge in [-0.3, -0.25) is 0 Å². The summed E-state index contributed by atoms with van der Waals surface area (Å²) in [6.45, 7) is 5.70. The molecule has 0 aliphatic carbocycles. The molecule has 1 N–H and O–H groups in total. The molecule has 0 fully saturated rings. The van der Waals surface area contributed by atoms with Gasteiger partial charge in [-0.25, -0.2) is 0 Å². The molecule has 0 spiro atoms. The molecule has 0 amide bonds. The summed E-state index contributed by atoms with van der Waals surface area (Å²) < 4.78 is 0. The van der Waals surface area contributed by atoms with Crippen molar-refractivity contribution in [2.75, 3.05) is 0 Å². The van der Waals surface area contributed by atoms with Gasteiger partial charge in [0.2, 0.25) is 0 Å². The zero-order valence-corrected chi connectivity index (χ0v) is 8.00. The summed E-state index contributed by atoms with van der Waals surface area (Å²) in [4.78, 5) is 0. The Labute approximate surface area is 75.8 Å². The fraction of sp³-hybridized carbons (Fsp3) is 0.636. The molecule has 12 heavy (non-hydrogen) atoms. The molecule has 0 rings (SSSR count). The Balaban J connectivity index is 3.19. The van der Waals surface area contributed by atoms with Gasteiger partial charge < -0.3 is 5.11 Å². The van der Waals surface area contributed by atoms with E-state index in [2.05, 4.69) is 19.6 Å². The predicted octanol–water partition coefficient (Wildman–Crippen LogP) is 3.06. The van der Waals surface area contributed by atoms with E-state index >= 15 is 0 Å². The number of aliphatic hydroxyl groups excluding tert-OH is 1. The Kier molecular flexibility index (Phi) is 8.14. The minimum absolute atomic E-state index is 0.368. The second kappa shape index (κ2) is 8.54. The van der Waals surface area contributed by atoms with Gasteiger partial charge in [0.1, 0.15) is 0 Å². The molecule has 0 saturated heterocycles. The summed E-state index contributed by atoms with van der Waals surface area (Å²) >= 11 is 0. The van der Waals surface area contributed by atoms with Crippen LogP contribution in [0.15, 0.2) is 24.8 Å². The normalized spacial score (nSPS) is 13.5. The van der Waals surface area contributed by atoms with Crippen molar-refractivity contribution < 1.29 is 5.11 Å². The number of unbranched alkanes of at least 4 members (excludes halogenated alkanes) is 3. The van der Waals surface area contributed by atoms with Crippen molar-refractivity contribution >= 4 is 0 Å². The van der Waals surface area contributed by atoms with E-state index in [-0.39, 0.29) is 6.10 Å². The number of aliphatic hydroxyl groups is 1. The lowest BCUT2D eigenvalue weighted by molar-refractivity contribution is 0.227. The fourth-order valence-electron chi connectivity index (χ4n) is 0.962. The van der Waals surface area contributed by atoms with E-state index in [0.717, 1.165) is 6.42 Å². The lowest BCUT2D eigenvalue weighted by Gasteiger charge is -1.98. The molecule has 1 atom stereocenters. The van der Waals surface area contributed by atoms with Gasteiger partial charge in [0.15, 0.2) is 0 Å². The third kappa shape index (κ3) is 7.55. The summed E-state index contributed by atoms with van der Waals surface area (Å²) in [5, 5.41) is 9.09. The van der Waals surface area contributed by atoms with Crippen LogP contribution >= 0.6 is 0 Å². The molecule has 1 unspecified atom stereocenters. The predicted molar refractivity (Wildman–Crippen MR) is 54.1 cm³/mol. The molecule has 0 bridgehead atoms. The number of allylic oxidation sites excluding steroid dienone is 1. The largest absolute Gasteiger partial charge is 0.389 e.